The maximum absolute atomic E-state index is 4.43. The molecule has 0 unspecified atom stereocenters. The summed E-state index contributed by atoms with van der Waals surface area (Å²) in [6, 6.07) is 0. The highest BCUT2D eigenvalue weighted by Crippen LogP contribution is 2.32. The first-order valence-electron chi connectivity index (χ1n) is 7.09. The van der Waals surface area contributed by atoms with Crippen molar-refractivity contribution in [1.29, 1.82) is 0 Å². The first kappa shape index (κ1) is 12.0. The van der Waals surface area contributed by atoms with Crippen molar-refractivity contribution in [1.82, 2.24) is 0 Å². The van der Waals surface area contributed by atoms with Crippen LogP contribution in [0.1, 0.15) is 64.2 Å². The quantitative estimate of drug-likeness (QED) is 0.556. The van der Waals surface area contributed by atoms with E-state index in [1.165, 1.54) is 64.2 Å². The lowest BCUT2D eigenvalue weighted by Crippen LogP contribution is -2.04. The molecule has 0 amide bonds. The van der Waals surface area contributed by atoms with Crippen molar-refractivity contribution < 1.29 is 0 Å². The molecule has 0 atom stereocenters. The zero-order chi connectivity index (χ0) is 11.2. The lowest BCUT2D eigenvalue weighted by atomic mass is 9.87. The molecule has 0 aliphatic heterocycles. The first-order chi connectivity index (χ1) is 7.88. The summed E-state index contributed by atoms with van der Waals surface area (Å²) in [4.78, 5) is 0. The highest BCUT2D eigenvalue weighted by Gasteiger charge is 2.16. The first-order valence-corrected chi connectivity index (χ1v) is 7.09. The SMILES string of the molecule is [CH2]C(C1=CCCCCC1)C1=CCCCCC1. The van der Waals surface area contributed by atoms with Crippen molar-refractivity contribution >= 4 is 0 Å². The molecule has 0 fully saturated rings. The molecule has 89 valence electrons. The molecule has 2 aliphatic rings. The van der Waals surface area contributed by atoms with Gasteiger partial charge in [0.1, 0.15) is 0 Å². The van der Waals surface area contributed by atoms with Crippen molar-refractivity contribution in [2.45, 2.75) is 64.2 Å². The minimum atomic E-state index is 0.496. The van der Waals surface area contributed by atoms with Crippen LogP contribution in [0.25, 0.3) is 0 Å². The second kappa shape index (κ2) is 6.27. The lowest BCUT2D eigenvalue weighted by Gasteiger charge is -2.18. The van der Waals surface area contributed by atoms with Gasteiger partial charge in [0.05, 0.1) is 0 Å². The minimum Gasteiger partial charge on any atom is -0.0847 e. The molecule has 0 spiro atoms. The van der Waals surface area contributed by atoms with Gasteiger partial charge in [0.15, 0.2) is 0 Å². The molecule has 2 rings (SSSR count). The molecule has 0 aromatic rings. The average molecular weight is 217 g/mol. The van der Waals surface area contributed by atoms with Gasteiger partial charge in [0.25, 0.3) is 0 Å². The highest BCUT2D eigenvalue weighted by molar-refractivity contribution is 5.24. The van der Waals surface area contributed by atoms with Gasteiger partial charge in [-0.25, -0.2) is 0 Å². The van der Waals surface area contributed by atoms with E-state index in [4.69, 9.17) is 0 Å². The third-order valence-corrected chi connectivity index (χ3v) is 4.05. The number of hydrogen-bond acceptors (Lipinski definition) is 0. The van der Waals surface area contributed by atoms with Crippen LogP contribution < -0.4 is 0 Å². The summed E-state index contributed by atoms with van der Waals surface area (Å²) >= 11 is 0. The fourth-order valence-corrected chi connectivity index (χ4v) is 2.95. The van der Waals surface area contributed by atoms with Gasteiger partial charge in [-0.05, 0) is 58.3 Å². The largest absolute Gasteiger partial charge is 0.0847 e. The molecule has 0 saturated heterocycles. The van der Waals surface area contributed by atoms with Crippen LogP contribution in [0, 0.1) is 12.8 Å². The Hall–Kier alpha value is -0.520. The Bertz CT molecular complexity index is 242. The molecular formula is C16H25. The van der Waals surface area contributed by atoms with Crippen LogP contribution in [-0.2, 0) is 0 Å². The fourth-order valence-electron chi connectivity index (χ4n) is 2.95. The van der Waals surface area contributed by atoms with Crippen LogP contribution in [0.3, 0.4) is 0 Å². The van der Waals surface area contributed by atoms with E-state index in [0.29, 0.717) is 5.92 Å². The van der Waals surface area contributed by atoms with Crippen molar-refractivity contribution in [2.24, 2.45) is 5.92 Å². The van der Waals surface area contributed by atoms with E-state index in [1.54, 1.807) is 11.1 Å². The molecule has 0 aromatic carbocycles. The van der Waals surface area contributed by atoms with Crippen molar-refractivity contribution in [3.63, 3.8) is 0 Å². The lowest BCUT2D eigenvalue weighted by molar-refractivity contribution is 0.667. The Morgan fingerprint density at radius 2 is 1.25 bits per heavy atom. The maximum atomic E-state index is 4.43. The standard InChI is InChI=1S/C16H25/c1-14(15-10-6-2-3-7-11-15)16-12-8-4-5-9-13-16/h10,12,14H,1-9,11,13H2. The Kier molecular flexibility index (Phi) is 4.69. The second-order valence-corrected chi connectivity index (χ2v) is 5.31. The third-order valence-electron chi connectivity index (χ3n) is 4.05. The summed E-state index contributed by atoms with van der Waals surface area (Å²) in [6.07, 6.45) is 18.5. The molecule has 0 heteroatoms. The summed E-state index contributed by atoms with van der Waals surface area (Å²) < 4.78 is 0. The molecule has 0 nitrogen and oxygen atoms in total. The van der Waals surface area contributed by atoms with E-state index in [1.807, 2.05) is 0 Å². The fraction of sp³-hybridized carbons (Fsp3) is 0.688. The van der Waals surface area contributed by atoms with Gasteiger partial charge in [-0.2, -0.15) is 0 Å². The number of rotatable bonds is 2. The van der Waals surface area contributed by atoms with Crippen LogP contribution >= 0.6 is 0 Å². The van der Waals surface area contributed by atoms with Gasteiger partial charge in [0.2, 0.25) is 0 Å². The Morgan fingerprint density at radius 1 is 0.750 bits per heavy atom. The van der Waals surface area contributed by atoms with Crippen molar-refractivity contribution in [3.8, 4) is 0 Å². The summed E-state index contributed by atoms with van der Waals surface area (Å²) in [7, 11) is 0. The van der Waals surface area contributed by atoms with Crippen molar-refractivity contribution in [3.05, 3.63) is 30.2 Å². The number of hydrogen-bond donors (Lipinski definition) is 0. The van der Waals surface area contributed by atoms with Crippen LogP contribution in [0.2, 0.25) is 0 Å². The molecule has 0 heterocycles. The van der Waals surface area contributed by atoms with Crippen LogP contribution in [0.15, 0.2) is 23.3 Å². The highest BCUT2D eigenvalue weighted by atomic mass is 14.2. The molecular weight excluding hydrogens is 192 g/mol. The summed E-state index contributed by atoms with van der Waals surface area (Å²) in [6.45, 7) is 4.43. The van der Waals surface area contributed by atoms with E-state index in [2.05, 4.69) is 19.1 Å². The molecule has 16 heavy (non-hydrogen) atoms. The predicted molar refractivity (Wildman–Crippen MR) is 71.2 cm³/mol. The second-order valence-electron chi connectivity index (χ2n) is 5.31. The Balaban J connectivity index is 2.01. The molecule has 0 N–H and O–H groups in total. The molecule has 1 radical (unpaired) electrons. The summed E-state index contributed by atoms with van der Waals surface area (Å²) in [5.41, 5.74) is 3.26. The van der Waals surface area contributed by atoms with E-state index in [-0.39, 0.29) is 0 Å². The summed E-state index contributed by atoms with van der Waals surface area (Å²) in [5.74, 6) is 0.496. The van der Waals surface area contributed by atoms with Gasteiger partial charge in [-0.1, -0.05) is 36.1 Å². The van der Waals surface area contributed by atoms with Gasteiger partial charge in [0, 0.05) is 5.92 Å². The monoisotopic (exact) mass is 217 g/mol. The van der Waals surface area contributed by atoms with Crippen LogP contribution in [0.4, 0.5) is 0 Å². The number of allylic oxidation sites excluding steroid dienone is 4. The van der Waals surface area contributed by atoms with E-state index in [9.17, 15) is 0 Å². The molecule has 2 aliphatic carbocycles. The molecule has 0 saturated carbocycles. The van der Waals surface area contributed by atoms with Crippen LogP contribution in [0.5, 0.6) is 0 Å². The topological polar surface area (TPSA) is 0 Å². The van der Waals surface area contributed by atoms with Gasteiger partial charge < -0.3 is 0 Å². The van der Waals surface area contributed by atoms with Gasteiger partial charge in [-0.15, -0.1) is 0 Å². The van der Waals surface area contributed by atoms with E-state index >= 15 is 0 Å². The average Bonchev–Trinajstić information content (AvgIpc) is 2.73. The minimum absolute atomic E-state index is 0.496. The van der Waals surface area contributed by atoms with Gasteiger partial charge in [-0.3, -0.25) is 0 Å². The van der Waals surface area contributed by atoms with Crippen LogP contribution in [-0.4, -0.2) is 0 Å². The zero-order valence-corrected chi connectivity index (χ0v) is 10.5. The zero-order valence-electron chi connectivity index (χ0n) is 10.5. The smallest absolute Gasteiger partial charge is 0.000723 e. The normalized spacial score (nSPS) is 23.4. The molecule has 0 aromatic heterocycles. The van der Waals surface area contributed by atoms with E-state index in [0.717, 1.165) is 0 Å². The maximum Gasteiger partial charge on any atom is 0.000723 e. The Labute approximate surface area is 101 Å². The summed E-state index contributed by atoms with van der Waals surface area (Å²) in [5, 5.41) is 0. The molecule has 0 bridgehead atoms. The van der Waals surface area contributed by atoms with Gasteiger partial charge >= 0.3 is 0 Å². The van der Waals surface area contributed by atoms with Crippen molar-refractivity contribution in [2.75, 3.05) is 0 Å². The Morgan fingerprint density at radius 3 is 1.75 bits per heavy atom. The predicted octanol–water partition coefficient (Wildman–Crippen LogP) is 5.22. The third kappa shape index (κ3) is 3.23. The van der Waals surface area contributed by atoms with E-state index < -0.39 is 0 Å².